The van der Waals surface area contributed by atoms with Crippen molar-refractivity contribution in [2.45, 2.75) is 44.7 Å². The predicted molar refractivity (Wildman–Crippen MR) is 117 cm³/mol. The van der Waals surface area contributed by atoms with Gasteiger partial charge in [0.05, 0.1) is 12.4 Å². The van der Waals surface area contributed by atoms with Crippen LogP contribution in [0, 0.1) is 0 Å². The third-order valence-corrected chi connectivity index (χ3v) is 5.45. The van der Waals surface area contributed by atoms with E-state index < -0.39 is 12.5 Å². The number of hydrogen-bond acceptors (Lipinski definition) is 7. The molecule has 4 heterocycles. The van der Waals surface area contributed by atoms with Gasteiger partial charge in [0.2, 0.25) is 0 Å². The third kappa shape index (κ3) is 3.83. The number of carbonyl (C=O) groups is 1. The number of rotatable bonds is 5. The number of anilines is 1. The van der Waals surface area contributed by atoms with Crippen molar-refractivity contribution in [2.24, 2.45) is 0 Å². The Kier molecular flexibility index (Phi) is 5.56. The summed E-state index contributed by atoms with van der Waals surface area (Å²) < 4.78 is 20.2. The normalized spacial score (nSPS) is 27.1. The van der Waals surface area contributed by atoms with Crippen LogP contribution in [0.4, 0.5) is 10.6 Å². The number of amides is 2. The van der Waals surface area contributed by atoms with E-state index in [9.17, 15) is 4.79 Å². The zero-order valence-corrected chi connectivity index (χ0v) is 17.7. The van der Waals surface area contributed by atoms with Crippen molar-refractivity contribution in [3.05, 3.63) is 54.6 Å². The van der Waals surface area contributed by atoms with Crippen LogP contribution in [0.1, 0.15) is 25.6 Å². The number of fused-ring (bicyclic) bond motifs is 2. The molecule has 5 atom stereocenters. The van der Waals surface area contributed by atoms with Crippen LogP contribution >= 0.6 is 0 Å². The number of carbonyl (C=O) groups excluding carboxylic acids is 1. The first kappa shape index (κ1) is 20.6. The van der Waals surface area contributed by atoms with Gasteiger partial charge in [-0.2, -0.15) is 0 Å². The fraction of sp³-hybridized carbons (Fsp3) is 0.364. The minimum Gasteiger partial charge on any atom is -0.349 e. The van der Waals surface area contributed by atoms with Crippen molar-refractivity contribution in [3.8, 4) is 0 Å². The molecule has 10 heteroatoms. The zero-order chi connectivity index (χ0) is 22.1. The molecule has 2 aromatic heterocycles. The second-order valence-electron chi connectivity index (χ2n) is 7.60. The number of hydrogen-bond donors (Lipinski definition) is 2. The van der Waals surface area contributed by atoms with Crippen LogP contribution in [0.3, 0.4) is 0 Å². The number of aromatic nitrogens is 4. The van der Waals surface area contributed by atoms with Gasteiger partial charge in [-0.25, -0.2) is 19.7 Å². The van der Waals surface area contributed by atoms with E-state index in [1.807, 2.05) is 56.3 Å². The third-order valence-electron chi connectivity index (χ3n) is 5.45. The standard InChI is InChI=1S/C22H24N6O4/c1-3-23-22(29)27-19-16-20(25-11-24-19)28(12-26-16)21-18-17(13(2)30-21)31-15(32-18)10-9-14-7-5-4-6-8-14/h4-13,15,17-18,21H,3H2,1-2H3,(H2,23,24,25,27,29). The maximum absolute atomic E-state index is 11.9. The summed E-state index contributed by atoms with van der Waals surface area (Å²) in [5.74, 6) is 0.328. The van der Waals surface area contributed by atoms with E-state index in [-0.39, 0.29) is 24.3 Å². The smallest absolute Gasteiger partial charge is 0.320 e. The summed E-state index contributed by atoms with van der Waals surface area (Å²) >= 11 is 0. The highest BCUT2D eigenvalue weighted by molar-refractivity contribution is 5.95. The zero-order valence-electron chi connectivity index (χ0n) is 17.7. The number of nitrogens with zero attached hydrogens (tertiary/aromatic N) is 4. The van der Waals surface area contributed by atoms with Crippen molar-refractivity contribution in [1.82, 2.24) is 24.8 Å². The molecule has 0 aliphatic carbocycles. The molecule has 0 bridgehead atoms. The first-order valence-electron chi connectivity index (χ1n) is 10.6. The monoisotopic (exact) mass is 436 g/mol. The van der Waals surface area contributed by atoms with Crippen LogP contribution in [-0.4, -0.2) is 56.7 Å². The van der Waals surface area contributed by atoms with E-state index in [0.717, 1.165) is 5.56 Å². The van der Waals surface area contributed by atoms with Crippen molar-refractivity contribution in [3.63, 3.8) is 0 Å². The van der Waals surface area contributed by atoms with Gasteiger partial charge in [-0.3, -0.25) is 9.88 Å². The largest absolute Gasteiger partial charge is 0.349 e. The number of nitrogens with one attached hydrogen (secondary N) is 2. The number of ether oxygens (including phenoxy) is 3. The SMILES string of the molecule is CCNC(=O)Nc1ncnc2c1ncn2C1OC(C)C2OC(C=Cc3ccccc3)OC21. The minimum absolute atomic E-state index is 0.174. The van der Waals surface area contributed by atoms with Crippen molar-refractivity contribution >= 4 is 29.1 Å². The topological polar surface area (TPSA) is 112 Å². The lowest BCUT2D eigenvalue weighted by molar-refractivity contribution is -0.121. The summed E-state index contributed by atoms with van der Waals surface area (Å²) in [5, 5.41) is 5.37. The molecular weight excluding hydrogens is 412 g/mol. The van der Waals surface area contributed by atoms with Gasteiger partial charge in [-0.15, -0.1) is 0 Å². The molecular formula is C22H24N6O4. The van der Waals surface area contributed by atoms with Gasteiger partial charge in [0.25, 0.3) is 0 Å². The Balaban J connectivity index is 1.37. The summed E-state index contributed by atoms with van der Waals surface area (Å²) in [5.41, 5.74) is 2.08. The second kappa shape index (κ2) is 8.65. The van der Waals surface area contributed by atoms with Gasteiger partial charge in [0.15, 0.2) is 29.5 Å². The number of benzene rings is 1. The molecule has 0 saturated carbocycles. The summed E-state index contributed by atoms with van der Waals surface area (Å²) in [6.07, 6.45) is 5.22. The molecule has 166 valence electrons. The van der Waals surface area contributed by atoms with Crippen LogP contribution < -0.4 is 10.6 Å². The number of urea groups is 1. The van der Waals surface area contributed by atoms with Crippen LogP contribution in [-0.2, 0) is 14.2 Å². The van der Waals surface area contributed by atoms with Gasteiger partial charge < -0.3 is 19.5 Å². The first-order valence-corrected chi connectivity index (χ1v) is 10.6. The molecule has 3 aromatic rings. The highest BCUT2D eigenvalue weighted by atomic mass is 16.8. The summed E-state index contributed by atoms with van der Waals surface area (Å²) in [4.78, 5) is 24.9. The van der Waals surface area contributed by atoms with E-state index in [4.69, 9.17) is 14.2 Å². The summed E-state index contributed by atoms with van der Waals surface area (Å²) in [6.45, 7) is 4.30. The Hall–Kier alpha value is -3.34. The fourth-order valence-corrected chi connectivity index (χ4v) is 3.99. The van der Waals surface area contributed by atoms with Crippen LogP contribution in [0.25, 0.3) is 17.2 Å². The molecule has 10 nitrogen and oxygen atoms in total. The quantitative estimate of drug-likeness (QED) is 0.632. The van der Waals surface area contributed by atoms with Gasteiger partial charge in [0.1, 0.15) is 18.5 Å². The van der Waals surface area contributed by atoms with Gasteiger partial charge >= 0.3 is 6.03 Å². The molecule has 2 amide bonds. The molecule has 0 spiro atoms. The Labute approximate surface area is 184 Å². The molecule has 0 radical (unpaired) electrons. The first-order chi connectivity index (χ1) is 15.6. The molecule has 2 fully saturated rings. The summed E-state index contributed by atoms with van der Waals surface area (Å²) in [7, 11) is 0. The molecule has 2 aliphatic heterocycles. The lowest BCUT2D eigenvalue weighted by Crippen LogP contribution is -2.29. The molecule has 2 aliphatic rings. The van der Waals surface area contributed by atoms with Crippen LogP contribution in [0.15, 0.2) is 49.1 Å². The van der Waals surface area contributed by atoms with E-state index in [2.05, 4.69) is 25.6 Å². The molecule has 2 N–H and O–H groups in total. The van der Waals surface area contributed by atoms with E-state index in [1.54, 1.807) is 10.9 Å². The Bertz CT molecular complexity index is 1130. The second-order valence-corrected chi connectivity index (χ2v) is 7.60. The summed E-state index contributed by atoms with van der Waals surface area (Å²) in [6, 6.07) is 9.63. The predicted octanol–water partition coefficient (Wildman–Crippen LogP) is 2.71. The molecule has 5 rings (SSSR count). The lowest BCUT2D eigenvalue weighted by atomic mass is 10.1. The highest BCUT2D eigenvalue weighted by Crippen LogP contribution is 2.40. The molecule has 2 saturated heterocycles. The van der Waals surface area contributed by atoms with Crippen molar-refractivity contribution in [1.29, 1.82) is 0 Å². The van der Waals surface area contributed by atoms with Crippen LogP contribution in [0.5, 0.6) is 0 Å². The molecule has 32 heavy (non-hydrogen) atoms. The van der Waals surface area contributed by atoms with Gasteiger partial charge in [-0.05, 0) is 25.5 Å². The van der Waals surface area contributed by atoms with E-state index in [1.165, 1.54) is 6.33 Å². The maximum Gasteiger partial charge on any atom is 0.320 e. The molecule has 5 unspecified atom stereocenters. The Morgan fingerprint density at radius 1 is 1.12 bits per heavy atom. The van der Waals surface area contributed by atoms with E-state index >= 15 is 0 Å². The van der Waals surface area contributed by atoms with Crippen LogP contribution in [0.2, 0.25) is 0 Å². The average Bonchev–Trinajstić information content (AvgIpc) is 3.48. The number of imidazole rings is 1. The minimum atomic E-state index is -0.474. The van der Waals surface area contributed by atoms with Gasteiger partial charge in [-0.1, -0.05) is 36.4 Å². The fourth-order valence-electron chi connectivity index (χ4n) is 3.99. The molecule has 1 aromatic carbocycles. The van der Waals surface area contributed by atoms with Crippen molar-refractivity contribution in [2.75, 3.05) is 11.9 Å². The average molecular weight is 436 g/mol. The van der Waals surface area contributed by atoms with Gasteiger partial charge in [0, 0.05) is 6.54 Å². The van der Waals surface area contributed by atoms with Crippen molar-refractivity contribution < 1.29 is 19.0 Å². The Morgan fingerprint density at radius 3 is 2.75 bits per heavy atom. The highest BCUT2D eigenvalue weighted by Gasteiger charge is 2.51. The maximum atomic E-state index is 11.9. The van der Waals surface area contributed by atoms with E-state index in [0.29, 0.717) is 23.5 Å². The Morgan fingerprint density at radius 2 is 1.94 bits per heavy atom. The lowest BCUT2D eigenvalue weighted by Gasteiger charge is -2.19.